The molecule has 2 saturated heterocycles. The standard InChI is InChI=1S/C44H45N3O6/c48-29-10-8-25-18-31-43(50)20-27-28-21-44(51)32-19-26-9-11-30(49)38-34(26)42(44,14-17-47(32)22-24-6-7-24)40(53-38)36(28)45-35(27)39-41(43,33(25)37(29)52-39)13-16-46(31)15-12-23-4-2-1-3-5-23/h1-5,8-11,24,31-32,39-40,45,48-51H,6-7,12-22H2/t31-,32-,39+,40+,41+,42+,43-,44-/m1/s1. The molecule has 4 aromatic rings. The van der Waals surface area contributed by atoms with Crippen molar-refractivity contribution < 1.29 is 29.9 Å². The van der Waals surface area contributed by atoms with Crippen molar-refractivity contribution in [2.75, 3.05) is 26.2 Å². The molecule has 5 heterocycles. The maximum atomic E-state index is 13.7. The molecule has 0 unspecified atom stereocenters. The quantitative estimate of drug-likeness (QED) is 0.203. The van der Waals surface area contributed by atoms with E-state index in [4.69, 9.17) is 9.47 Å². The molecule has 3 aromatic carbocycles. The number of aromatic hydroxyl groups is 2. The summed E-state index contributed by atoms with van der Waals surface area (Å²) in [6, 6.07) is 18.0. The van der Waals surface area contributed by atoms with Crippen molar-refractivity contribution in [2.24, 2.45) is 5.92 Å². The van der Waals surface area contributed by atoms with Crippen LogP contribution in [0.4, 0.5) is 0 Å². The SMILES string of the molecule is Oc1ccc2c3c1O[C@H]1c4[nH]c5c(c4C[C@@]4(O)[C@@H](C2)N(CCc2ccccc2)CC[C@]314)C[C@@]1(O)[C@H]2Cc3ccc(O)c4c3[C@@]1(CCN2CC1CC1)[C@H]5O4. The Morgan fingerprint density at radius 3 is 1.81 bits per heavy atom. The smallest absolute Gasteiger partial charge is 0.166 e. The molecule has 2 spiro atoms. The number of aliphatic hydroxyl groups is 2. The molecule has 5 aliphatic carbocycles. The van der Waals surface area contributed by atoms with Crippen molar-refractivity contribution in [3.8, 4) is 23.0 Å². The van der Waals surface area contributed by atoms with E-state index in [-0.39, 0.29) is 23.6 Å². The van der Waals surface area contributed by atoms with Crippen LogP contribution in [0.3, 0.4) is 0 Å². The molecule has 13 rings (SSSR count). The number of H-pyrrole nitrogens is 1. The molecule has 5 N–H and O–H groups in total. The maximum Gasteiger partial charge on any atom is 0.166 e. The van der Waals surface area contributed by atoms with Gasteiger partial charge in [0, 0.05) is 49.1 Å². The summed E-state index contributed by atoms with van der Waals surface area (Å²) < 4.78 is 13.9. The average molecular weight is 712 g/mol. The lowest BCUT2D eigenvalue weighted by molar-refractivity contribution is -0.175. The third-order valence-corrected chi connectivity index (χ3v) is 16.1. The number of rotatable bonds is 5. The predicted octanol–water partition coefficient (Wildman–Crippen LogP) is 4.66. The van der Waals surface area contributed by atoms with Crippen LogP contribution >= 0.6 is 0 Å². The molecule has 0 radical (unpaired) electrons. The van der Waals surface area contributed by atoms with Crippen LogP contribution in [-0.4, -0.2) is 84.7 Å². The second-order valence-corrected chi connectivity index (χ2v) is 18.1. The summed E-state index contributed by atoms with van der Waals surface area (Å²) in [5.74, 6) is 1.99. The molecule has 4 aliphatic heterocycles. The van der Waals surface area contributed by atoms with Crippen LogP contribution < -0.4 is 9.47 Å². The van der Waals surface area contributed by atoms with E-state index in [0.29, 0.717) is 43.1 Å². The number of nitrogens with one attached hydrogen (secondary N) is 1. The van der Waals surface area contributed by atoms with Crippen molar-refractivity contribution in [1.29, 1.82) is 0 Å². The van der Waals surface area contributed by atoms with Crippen LogP contribution in [0.1, 0.15) is 88.2 Å². The number of hydrogen-bond acceptors (Lipinski definition) is 8. The third kappa shape index (κ3) is 3.35. The number of aromatic nitrogens is 1. The van der Waals surface area contributed by atoms with Crippen LogP contribution in [0.15, 0.2) is 54.6 Å². The van der Waals surface area contributed by atoms with Crippen molar-refractivity contribution in [2.45, 2.75) is 104 Å². The topological polar surface area (TPSA) is 122 Å². The van der Waals surface area contributed by atoms with E-state index in [1.54, 1.807) is 12.1 Å². The first-order chi connectivity index (χ1) is 25.7. The summed E-state index contributed by atoms with van der Waals surface area (Å²) in [7, 11) is 0. The maximum absolute atomic E-state index is 13.7. The third-order valence-electron chi connectivity index (χ3n) is 16.1. The van der Waals surface area contributed by atoms with E-state index in [0.717, 1.165) is 84.6 Å². The molecule has 1 saturated carbocycles. The first-order valence-electron chi connectivity index (χ1n) is 20.0. The first kappa shape index (κ1) is 30.3. The van der Waals surface area contributed by atoms with Crippen molar-refractivity contribution in [1.82, 2.24) is 14.8 Å². The van der Waals surface area contributed by atoms with Gasteiger partial charge in [-0.1, -0.05) is 42.5 Å². The Morgan fingerprint density at radius 1 is 0.698 bits per heavy atom. The zero-order valence-corrected chi connectivity index (χ0v) is 29.8. The Bertz CT molecular complexity index is 2290. The summed E-state index contributed by atoms with van der Waals surface area (Å²) >= 11 is 0. The van der Waals surface area contributed by atoms with Gasteiger partial charge in [0.1, 0.15) is 0 Å². The molecule has 1 aromatic heterocycles. The second kappa shape index (κ2) is 9.61. The average Bonchev–Trinajstić information content (AvgIpc) is 3.65. The highest BCUT2D eigenvalue weighted by atomic mass is 16.5. The van der Waals surface area contributed by atoms with Gasteiger partial charge >= 0.3 is 0 Å². The van der Waals surface area contributed by atoms with Crippen molar-refractivity contribution in [3.05, 3.63) is 105 Å². The van der Waals surface area contributed by atoms with Gasteiger partial charge < -0.3 is 34.9 Å². The number of piperidine rings is 2. The van der Waals surface area contributed by atoms with E-state index in [1.165, 1.54) is 24.0 Å². The van der Waals surface area contributed by atoms with Crippen molar-refractivity contribution >= 4 is 0 Å². The number of phenols is 2. The molecule has 4 bridgehead atoms. The second-order valence-electron chi connectivity index (χ2n) is 18.1. The monoisotopic (exact) mass is 711 g/mol. The van der Waals surface area contributed by atoms with Gasteiger partial charge in [-0.05, 0) is 104 Å². The summed E-state index contributed by atoms with van der Waals surface area (Å²) in [5, 5.41) is 49.8. The normalized spacial score (nSPS) is 37.6. The number of ether oxygens (including phenoxy) is 2. The van der Waals surface area contributed by atoms with Gasteiger partial charge in [-0.3, -0.25) is 9.80 Å². The van der Waals surface area contributed by atoms with Gasteiger partial charge in [-0.15, -0.1) is 0 Å². The van der Waals surface area contributed by atoms with Crippen LogP contribution in [0.25, 0.3) is 0 Å². The molecule has 9 nitrogen and oxygen atoms in total. The summed E-state index contributed by atoms with van der Waals surface area (Å²) in [4.78, 5) is 8.99. The van der Waals surface area contributed by atoms with Gasteiger partial charge in [-0.2, -0.15) is 0 Å². The first-order valence-corrected chi connectivity index (χ1v) is 20.0. The molecular weight excluding hydrogens is 666 g/mol. The predicted molar refractivity (Wildman–Crippen MR) is 195 cm³/mol. The largest absolute Gasteiger partial charge is 0.504 e. The van der Waals surface area contributed by atoms with E-state index in [1.807, 2.05) is 6.07 Å². The lowest BCUT2D eigenvalue weighted by Crippen LogP contribution is -2.75. The molecule has 9 aliphatic rings. The zero-order valence-electron chi connectivity index (χ0n) is 29.8. The lowest BCUT2D eigenvalue weighted by Gasteiger charge is -2.63. The number of hydrogen-bond donors (Lipinski definition) is 5. The number of fused-ring (bicyclic) bond motifs is 5. The zero-order chi connectivity index (χ0) is 35.2. The van der Waals surface area contributed by atoms with Gasteiger partial charge in [0.15, 0.2) is 35.2 Å². The fourth-order valence-corrected chi connectivity index (χ4v) is 13.7. The summed E-state index contributed by atoms with van der Waals surface area (Å²) in [6.45, 7) is 3.57. The van der Waals surface area contributed by atoms with Gasteiger partial charge in [0.2, 0.25) is 0 Å². The molecule has 3 fully saturated rings. The Balaban J connectivity index is 0.990. The number of nitrogens with zero attached hydrogens (tertiary/aromatic N) is 2. The van der Waals surface area contributed by atoms with E-state index in [2.05, 4.69) is 51.2 Å². The molecule has 8 atom stereocenters. The minimum Gasteiger partial charge on any atom is -0.504 e. The van der Waals surface area contributed by atoms with Gasteiger partial charge in [0.25, 0.3) is 0 Å². The fourth-order valence-electron chi connectivity index (χ4n) is 13.7. The van der Waals surface area contributed by atoms with Gasteiger partial charge in [0.05, 0.1) is 33.4 Å². The highest BCUT2D eigenvalue weighted by Crippen LogP contribution is 2.72. The van der Waals surface area contributed by atoms with E-state index >= 15 is 0 Å². The van der Waals surface area contributed by atoms with E-state index in [9.17, 15) is 20.4 Å². The number of phenolic OH excluding ortho intramolecular Hbond substituents is 2. The lowest BCUT2D eigenvalue weighted by atomic mass is 9.47. The minimum absolute atomic E-state index is 0.0725. The Labute approximate surface area is 308 Å². The Kier molecular flexibility index (Phi) is 5.50. The van der Waals surface area contributed by atoms with Crippen LogP contribution in [0.2, 0.25) is 0 Å². The van der Waals surface area contributed by atoms with Gasteiger partial charge in [-0.25, -0.2) is 0 Å². The Hall–Kier alpha value is -4.02. The van der Waals surface area contributed by atoms with Crippen LogP contribution in [-0.2, 0) is 42.9 Å². The molecule has 272 valence electrons. The van der Waals surface area contributed by atoms with Crippen molar-refractivity contribution in [3.63, 3.8) is 0 Å². The highest BCUT2D eigenvalue weighted by molar-refractivity contribution is 5.68. The molecule has 9 heteroatoms. The minimum atomic E-state index is -1.16. The number of likely N-dealkylation sites (tertiary alicyclic amines) is 2. The Morgan fingerprint density at radius 2 is 1.25 bits per heavy atom. The number of benzene rings is 3. The fraction of sp³-hybridized carbons (Fsp3) is 0.500. The highest BCUT2D eigenvalue weighted by Gasteiger charge is 2.76. The number of aromatic amines is 1. The summed E-state index contributed by atoms with van der Waals surface area (Å²) in [6.07, 6.45) is 6.15. The van der Waals surface area contributed by atoms with Crippen LogP contribution in [0, 0.1) is 5.92 Å². The summed E-state index contributed by atoms with van der Waals surface area (Å²) in [5.41, 5.74) is 5.89. The molecule has 0 amide bonds. The molecule has 53 heavy (non-hydrogen) atoms. The van der Waals surface area contributed by atoms with E-state index < -0.39 is 34.2 Å². The molecular formula is C44H45N3O6. The van der Waals surface area contributed by atoms with Crippen LogP contribution in [0.5, 0.6) is 23.0 Å².